The highest BCUT2D eigenvalue weighted by Gasteiger charge is 2.16. The third-order valence-electron chi connectivity index (χ3n) is 13.4. The van der Waals surface area contributed by atoms with Gasteiger partial charge in [-0.3, -0.25) is 9.59 Å². The van der Waals surface area contributed by atoms with Crippen LogP contribution in [0.25, 0.3) is 0 Å². The number of allylic oxidation sites excluding steroid dienone is 16. The molecule has 72 heavy (non-hydrogen) atoms. The van der Waals surface area contributed by atoms with Gasteiger partial charge in [0.1, 0.15) is 6.61 Å². The second-order valence-electron chi connectivity index (χ2n) is 20.4. The lowest BCUT2D eigenvalue weighted by atomic mass is 10.0. The van der Waals surface area contributed by atoms with Crippen molar-refractivity contribution in [3.8, 4) is 0 Å². The number of aliphatic hydroxyl groups excluding tert-OH is 1. The van der Waals surface area contributed by atoms with Crippen LogP contribution in [0.1, 0.15) is 296 Å². The van der Waals surface area contributed by atoms with Gasteiger partial charge in [0, 0.05) is 12.8 Å². The van der Waals surface area contributed by atoms with Gasteiger partial charge in [-0.05, 0) is 96.3 Å². The molecule has 0 aromatic rings. The summed E-state index contributed by atoms with van der Waals surface area (Å²) in [5, 5.41) is 9.68. The number of carbonyl (C=O) groups is 2. The highest BCUT2D eigenvalue weighted by molar-refractivity contribution is 5.70. The van der Waals surface area contributed by atoms with Gasteiger partial charge in [-0.2, -0.15) is 0 Å². The van der Waals surface area contributed by atoms with Crippen molar-refractivity contribution in [2.24, 2.45) is 0 Å². The number of carbonyl (C=O) groups excluding carboxylic acids is 2. The molecule has 0 spiro atoms. The van der Waals surface area contributed by atoms with Gasteiger partial charge in [-0.25, -0.2) is 0 Å². The van der Waals surface area contributed by atoms with Crippen LogP contribution >= 0.6 is 0 Å². The Balaban J connectivity index is 3.49. The summed E-state index contributed by atoms with van der Waals surface area (Å²) in [5.74, 6) is -0.587. The normalized spacial score (nSPS) is 12.9. The SMILES string of the molecule is CC/C=C\C/C=C\C/C=C\C/C=C\C/C=C\C/C=C\CCCCCCCCCCCCCCC(=O)OC(CO)COC(=O)CCCCCCCCCCCCCCCCC/C=C\C/C=C\CCCCCCC. The summed E-state index contributed by atoms with van der Waals surface area (Å²) in [6.07, 6.45) is 88.2. The van der Waals surface area contributed by atoms with Gasteiger partial charge in [0.05, 0.1) is 6.61 Å². The van der Waals surface area contributed by atoms with Gasteiger partial charge in [-0.1, -0.05) is 284 Å². The Morgan fingerprint density at radius 1 is 0.333 bits per heavy atom. The summed E-state index contributed by atoms with van der Waals surface area (Å²) in [6, 6.07) is 0. The highest BCUT2D eigenvalue weighted by Crippen LogP contribution is 2.16. The van der Waals surface area contributed by atoms with Crippen molar-refractivity contribution in [3.63, 3.8) is 0 Å². The molecule has 1 atom stereocenters. The van der Waals surface area contributed by atoms with E-state index in [0.717, 1.165) is 83.5 Å². The van der Waals surface area contributed by atoms with E-state index < -0.39 is 6.10 Å². The van der Waals surface area contributed by atoms with Crippen LogP contribution in [0, 0.1) is 0 Å². The molecule has 0 aromatic heterocycles. The standard InChI is InChI=1S/C67H116O5/c1-3-5-7-9-11-13-15-17-19-21-23-25-27-29-31-32-33-34-36-38-40-42-44-46-48-50-52-54-56-58-60-62-67(70)72-65(63-68)64-71-66(69)61-59-57-55-53-51-49-47-45-43-41-39-37-35-30-28-26-24-22-20-18-16-14-12-10-8-6-4-2/h5,7,11,13,16-19,22-25,29,31,33-34,65,68H,3-4,6,8-10,12,14-15,20-21,26-28,30,32,35-64H2,1-2H3/b7-5-,13-11-,18-16-,19-17-,24-22-,25-23-,31-29-,34-33-. The molecule has 0 aliphatic heterocycles. The van der Waals surface area contributed by atoms with Crippen LogP contribution in [0.15, 0.2) is 97.2 Å². The quantitative estimate of drug-likeness (QED) is 0.0373. The third-order valence-corrected chi connectivity index (χ3v) is 13.4. The molecule has 0 saturated heterocycles. The van der Waals surface area contributed by atoms with Gasteiger partial charge < -0.3 is 14.6 Å². The van der Waals surface area contributed by atoms with Crippen molar-refractivity contribution in [1.29, 1.82) is 0 Å². The fourth-order valence-corrected chi connectivity index (χ4v) is 8.77. The number of ether oxygens (including phenoxy) is 2. The second-order valence-corrected chi connectivity index (χ2v) is 20.4. The Hall–Kier alpha value is -3.18. The number of esters is 2. The second kappa shape index (κ2) is 62.1. The van der Waals surface area contributed by atoms with Crippen molar-refractivity contribution < 1.29 is 24.2 Å². The molecule has 1 unspecified atom stereocenters. The third kappa shape index (κ3) is 59.4. The van der Waals surface area contributed by atoms with Crippen molar-refractivity contribution in [1.82, 2.24) is 0 Å². The molecule has 0 aliphatic carbocycles. The maximum Gasteiger partial charge on any atom is 0.306 e. The zero-order valence-corrected chi connectivity index (χ0v) is 47.4. The molecule has 0 radical (unpaired) electrons. The van der Waals surface area contributed by atoms with Crippen molar-refractivity contribution >= 4 is 11.9 Å². The molecular formula is C67H116O5. The molecule has 0 aromatic carbocycles. The fraction of sp³-hybridized carbons (Fsp3) is 0.731. The fourth-order valence-electron chi connectivity index (χ4n) is 8.77. The van der Waals surface area contributed by atoms with Crippen molar-refractivity contribution in [3.05, 3.63) is 97.2 Å². The minimum Gasteiger partial charge on any atom is -0.462 e. The Labute approximate surface area is 447 Å². The lowest BCUT2D eigenvalue weighted by Gasteiger charge is -2.15. The zero-order chi connectivity index (χ0) is 52.0. The molecule has 0 aliphatic rings. The predicted molar refractivity (Wildman–Crippen MR) is 316 cm³/mol. The molecule has 1 N–H and O–H groups in total. The molecular weight excluding hydrogens is 885 g/mol. The summed E-state index contributed by atoms with van der Waals surface area (Å²) in [7, 11) is 0. The largest absolute Gasteiger partial charge is 0.462 e. The van der Waals surface area contributed by atoms with Crippen LogP contribution in [-0.2, 0) is 19.1 Å². The number of aliphatic hydroxyl groups is 1. The maximum absolute atomic E-state index is 12.3. The Morgan fingerprint density at radius 3 is 0.903 bits per heavy atom. The lowest BCUT2D eigenvalue weighted by Crippen LogP contribution is -2.28. The van der Waals surface area contributed by atoms with Crippen molar-refractivity contribution in [2.45, 2.75) is 302 Å². The molecule has 0 saturated carbocycles. The molecule has 5 heteroatoms. The molecule has 414 valence electrons. The van der Waals surface area contributed by atoms with Crippen LogP contribution in [-0.4, -0.2) is 36.4 Å². The first-order chi connectivity index (χ1) is 35.6. The van der Waals surface area contributed by atoms with E-state index in [9.17, 15) is 14.7 Å². The molecule has 0 fully saturated rings. The molecule has 0 rings (SSSR count). The number of hydrogen-bond acceptors (Lipinski definition) is 5. The minimum absolute atomic E-state index is 0.0684. The average Bonchev–Trinajstić information content (AvgIpc) is 3.38. The number of hydrogen-bond donors (Lipinski definition) is 1. The lowest BCUT2D eigenvalue weighted by molar-refractivity contribution is -0.161. The first-order valence-corrected chi connectivity index (χ1v) is 30.8. The Morgan fingerprint density at radius 2 is 0.597 bits per heavy atom. The number of rotatable bonds is 56. The van der Waals surface area contributed by atoms with E-state index in [1.807, 2.05) is 0 Å². The Kier molecular flexibility index (Phi) is 59.4. The van der Waals surface area contributed by atoms with E-state index in [1.54, 1.807) is 0 Å². The van der Waals surface area contributed by atoms with E-state index >= 15 is 0 Å². The van der Waals surface area contributed by atoms with Crippen LogP contribution in [0.5, 0.6) is 0 Å². The maximum atomic E-state index is 12.3. The van der Waals surface area contributed by atoms with Gasteiger partial charge in [0.15, 0.2) is 6.10 Å². The monoisotopic (exact) mass is 1000 g/mol. The van der Waals surface area contributed by atoms with E-state index in [2.05, 4.69) is 111 Å². The molecule has 0 heterocycles. The zero-order valence-electron chi connectivity index (χ0n) is 47.4. The number of unbranched alkanes of at least 4 members (excludes halogenated alkanes) is 32. The summed E-state index contributed by atoms with van der Waals surface area (Å²) < 4.78 is 10.7. The van der Waals surface area contributed by atoms with Gasteiger partial charge in [0.25, 0.3) is 0 Å². The topological polar surface area (TPSA) is 72.8 Å². The van der Waals surface area contributed by atoms with Gasteiger partial charge >= 0.3 is 11.9 Å². The van der Waals surface area contributed by atoms with Crippen LogP contribution in [0.3, 0.4) is 0 Å². The van der Waals surface area contributed by atoms with Gasteiger partial charge in [-0.15, -0.1) is 0 Å². The Bertz CT molecular complexity index is 1360. The first-order valence-electron chi connectivity index (χ1n) is 30.8. The van der Waals surface area contributed by atoms with Gasteiger partial charge in [0.2, 0.25) is 0 Å². The minimum atomic E-state index is -0.779. The van der Waals surface area contributed by atoms with Crippen LogP contribution < -0.4 is 0 Å². The summed E-state index contributed by atoms with van der Waals surface area (Å²) in [4.78, 5) is 24.6. The highest BCUT2D eigenvalue weighted by atomic mass is 16.6. The van der Waals surface area contributed by atoms with E-state index in [1.165, 1.54) is 186 Å². The average molecular weight is 1000 g/mol. The van der Waals surface area contributed by atoms with Crippen molar-refractivity contribution in [2.75, 3.05) is 13.2 Å². The summed E-state index contributed by atoms with van der Waals surface area (Å²) >= 11 is 0. The van der Waals surface area contributed by atoms with E-state index in [-0.39, 0.29) is 25.2 Å². The molecule has 0 bridgehead atoms. The van der Waals surface area contributed by atoms with E-state index in [0.29, 0.717) is 12.8 Å². The molecule has 0 amide bonds. The smallest absolute Gasteiger partial charge is 0.306 e. The van der Waals surface area contributed by atoms with E-state index in [4.69, 9.17) is 9.47 Å². The first kappa shape index (κ1) is 68.8. The van der Waals surface area contributed by atoms with Crippen LogP contribution in [0.4, 0.5) is 0 Å². The summed E-state index contributed by atoms with van der Waals surface area (Å²) in [5.41, 5.74) is 0. The predicted octanol–water partition coefficient (Wildman–Crippen LogP) is 21.1. The summed E-state index contributed by atoms with van der Waals surface area (Å²) in [6.45, 7) is 4.04. The van der Waals surface area contributed by atoms with Crippen LogP contribution in [0.2, 0.25) is 0 Å². The molecule has 5 nitrogen and oxygen atoms in total.